The summed E-state index contributed by atoms with van der Waals surface area (Å²) in [7, 11) is 1.66. The van der Waals surface area contributed by atoms with Gasteiger partial charge < -0.3 is 19.6 Å². The Kier molecular flexibility index (Phi) is 3.46. The Labute approximate surface area is 140 Å². The van der Waals surface area contributed by atoms with E-state index in [1.165, 1.54) is 0 Å². The first-order valence-corrected chi connectivity index (χ1v) is 8.15. The van der Waals surface area contributed by atoms with Crippen LogP contribution >= 0.6 is 0 Å². The summed E-state index contributed by atoms with van der Waals surface area (Å²) in [5.41, 5.74) is 6.11. The van der Waals surface area contributed by atoms with Gasteiger partial charge in [-0.3, -0.25) is 0 Å². The maximum atomic E-state index is 10.7. The lowest BCUT2D eigenvalue weighted by Gasteiger charge is -2.32. The Morgan fingerprint density at radius 1 is 1.21 bits per heavy atom. The van der Waals surface area contributed by atoms with E-state index in [4.69, 9.17) is 9.72 Å². The monoisotopic (exact) mass is 323 g/mol. The molecule has 1 aliphatic rings. The Morgan fingerprint density at radius 2 is 2.00 bits per heavy atom. The molecule has 0 saturated carbocycles. The molecular formula is C19H21N3O2. The van der Waals surface area contributed by atoms with E-state index in [-0.39, 0.29) is 5.92 Å². The molecule has 0 fully saturated rings. The molecule has 0 aliphatic carbocycles. The van der Waals surface area contributed by atoms with E-state index < -0.39 is 6.10 Å². The van der Waals surface area contributed by atoms with Crippen LogP contribution in [-0.2, 0) is 0 Å². The van der Waals surface area contributed by atoms with E-state index in [9.17, 15) is 5.11 Å². The van der Waals surface area contributed by atoms with E-state index in [0.29, 0.717) is 6.54 Å². The summed E-state index contributed by atoms with van der Waals surface area (Å²) < 4.78 is 7.62. The second-order valence-corrected chi connectivity index (χ2v) is 6.29. The van der Waals surface area contributed by atoms with Crippen molar-refractivity contribution in [2.24, 2.45) is 0 Å². The Hall–Kier alpha value is -2.53. The molecule has 0 bridgehead atoms. The Morgan fingerprint density at radius 3 is 2.79 bits per heavy atom. The zero-order chi connectivity index (χ0) is 16.8. The summed E-state index contributed by atoms with van der Waals surface area (Å²) in [6.45, 7) is 4.57. The highest BCUT2D eigenvalue weighted by molar-refractivity contribution is 5.76. The summed E-state index contributed by atoms with van der Waals surface area (Å²) in [6, 6.07) is 9.96. The number of rotatable bonds is 2. The van der Waals surface area contributed by atoms with Crippen molar-refractivity contribution in [1.29, 1.82) is 0 Å². The number of methoxy groups -OCH3 is 1. The van der Waals surface area contributed by atoms with Crippen LogP contribution in [-0.4, -0.2) is 34.2 Å². The number of pyridine rings is 1. The number of nitrogens with one attached hydrogen (secondary N) is 1. The lowest BCUT2D eigenvalue weighted by molar-refractivity contribution is 0.164. The standard InChI is InChI=1S/C19H21N3O2/c1-11-12(2)22-9-8-14-17(13-6-4-5-7-16(13)24-3)15(23)10-20-18(14)19(22)21-11/h4-9,15,17,20,23H,10H2,1-3H3/t15-,17-/m1/s1. The van der Waals surface area contributed by atoms with Crippen molar-refractivity contribution in [3.05, 3.63) is 59.0 Å². The number of benzene rings is 1. The molecule has 0 unspecified atom stereocenters. The molecule has 2 N–H and O–H groups in total. The molecule has 1 aromatic carbocycles. The highest BCUT2D eigenvalue weighted by atomic mass is 16.5. The Bertz CT molecular complexity index is 916. The molecule has 2 atom stereocenters. The average Bonchev–Trinajstić information content (AvgIpc) is 2.89. The SMILES string of the molecule is COc1ccccc1[C@@H]1c2ccn3c(C)c(C)nc3c2NC[C@H]1O. The molecular weight excluding hydrogens is 302 g/mol. The largest absolute Gasteiger partial charge is 0.496 e. The van der Waals surface area contributed by atoms with Gasteiger partial charge in [-0.2, -0.15) is 0 Å². The molecule has 3 heterocycles. The van der Waals surface area contributed by atoms with Gasteiger partial charge in [0.25, 0.3) is 0 Å². The van der Waals surface area contributed by atoms with E-state index >= 15 is 0 Å². The van der Waals surface area contributed by atoms with Crippen LogP contribution in [0.5, 0.6) is 5.75 Å². The van der Waals surface area contributed by atoms with Gasteiger partial charge >= 0.3 is 0 Å². The molecule has 24 heavy (non-hydrogen) atoms. The average molecular weight is 323 g/mol. The lowest BCUT2D eigenvalue weighted by Crippen LogP contribution is -2.33. The first-order chi connectivity index (χ1) is 11.6. The Balaban J connectivity index is 1.95. The van der Waals surface area contributed by atoms with Crippen molar-refractivity contribution < 1.29 is 9.84 Å². The fourth-order valence-corrected chi connectivity index (χ4v) is 3.62. The van der Waals surface area contributed by atoms with Crippen molar-refractivity contribution >= 4 is 11.3 Å². The summed E-state index contributed by atoms with van der Waals surface area (Å²) in [4.78, 5) is 4.71. The highest BCUT2D eigenvalue weighted by Gasteiger charge is 2.33. The molecule has 1 aliphatic heterocycles. The molecule has 0 amide bonds. The third kappa shape index (κ3) is 2.08. The fraction of sp³-hybridized carbons (Fsp3) is 0.316. The quantitative estimate of drug-likeness (QED) is 0.761. The van der Waals surface area contributed by atoms with Gasteiger partial charge in [-0.15, -0.1) is 0 Å². The molecule has 5 heteroatoms. The summed E-state index contributed by atoms with van der Waals surface area (Å²) in [6.07, 6.45) is 1.51. The minimum Gasteiger partial charge on any atom is -0.496 e. The minimum atomic E-state index is -0.520. The normalized spacial score (nSPS) is 19.8. The number of imidazole rings is 1. The van der Waals surface area contributed by atoms with Gasteiger partial charge in [-0.1, -0.05) is 18.2 Å². The predicted octanol–water partition coefficient (Wildman–Crippen LogP) is 2.88. The predicted molar refractivity (Wildman–Crippen MR) is 94.0 cm³/mol. The summed E-state index contributed by atoms with van der Waals surface area (Å²) in [5.74, 6) is 0.657. The molecule has 4 rings (SSSR count). The highest BCUT2D eigenvalue weighted by Crippen LogP contribution is 2.41. The van der Waals surface area contributed by atoms with Gasteiger partial charge in [-0.25, -0.2) is 4.98 Å². The molecule has 0 radical (unpaired) electrons. The lowest BCUT2D eigenvalue weighted by atomic mass is 9.83. The number of hydrogen-bond donors (Lipinski definition) is 2. The first kappa shape index (κ1) is 15.0. The number of aromatic nitrogens is 2. The third-order valence-corrected chi connectivity index (χ3v) is 4.98. The number of aliphatic hydroxyl groups is 1. The number of β-amino-alcohol motifs (C(OH)–C–C–N with tert-alkyl or cyclic N) is 1. The minimum absolute atomic E-state index is 0.139. The van der Waals surface area contributed by atoms with Crippen LogP contribution in [0.2, 0.25) is 0 Å². The zero-order valence-corrected chi connectivity index (χ0v) is 14.1. The number of aliphatic hydroxyl groups excluding tert-OH is 1. The first-order valence-electron chi connectivity index (χ1n) is 8.15. The van der Waals surface area contributed by atoms with Crippen molar-refractivity contribution in [2.75, 3.05) is 19.0 Å². The molecule has 0 spiro atoms. The summed E-state index contributed by atoms with van der Waals surface area (Å²) in [5, 5.41) is 14.0. The number of ether oxygens (including phenoxy) is 1. The number of hydrogen-bond acceptors (Lipinski definition) is 4. The van der Waals surface area contributed by atoms with E-state index in [1.807, 2.05) is 37.4 Å². The smallest absolute Gasteiger partial charge is 0.161 e. The van der Waals surface area contributed by atoms with Crippen LogP contribution in [0, 0.1) is 13.8 Å². The van der Waals surface area contributed by atoms with Crippen LogP contribution in [0.25, 0.3) is 5.65 Å². The fourth-order valence-electron chi connectivity index (χ4n) is 3.62. The van der Waals surface area contributed by atoms with Crippen molar-refractivity contribution in [2.45, 2.75) is 25.9 Å². The van der Waals surface area contributed by atoms with E-state index in [0.717, 1.165) is 39.6 Å². The van der Waals surface area contributed by atoms with E-state index in [1.54, 1.807) is 7.11 Å². The molecule has 0 saturated heterocycles. The second-order valence-electron chi connectivity index (χ2n) is 6.29. The number of para-hydroxylation sites is 1. The van der Waals surface area contributed by atoms with Crippen LogP contribution in [0.1, 0.15) is 28.4 Å². The van der Waals surface area contributed by atoms with Gasteiger partial charge in [0, 0.05) is 29.9 Å². The van der Waals surface area contributed by atoms with Crippen molar-refractivity contribution in [3.63, 3.8) is 0 Å². The van der Waals surface area contributed by atoms with Gasteiger partial charge in [0.15, 0.2) is 5.65 Å². The molecule has 5 nitrogen and oxygen atoms in total. The van der Waals surface area contributed by atoms with Crippen molar-refractivity contribution in [3.8, 4) is 5.75 Å². The third-order valence-electron chi connectivity index (χ3n) is 4.98. The number of aryl methyl sites for hydroxylation is 2. The maximum absolute atomic E-state index is 10.7. The van der Waals surface area contributed by atoms with Gasteiger partial charge in [0.1, 0.15) is 5.75 Å². The van der Waals surface area contributed by atoms with Gasteiger partial charge in [0.05, 0.1) is 24.6 Å². The van der Waals surface area contributed by atoms with Crippen molar-refractivity contribution in [1.82, 2.24) is 9.38 Å². The topological polar surface area (TPSA) is 58.8 Å². The molecule has 3 aromatic rings. The number of nitrogens with zero attached hydrogens (tertiary/aromatic N) is 2. The van der Waals surface area contributed by atoms with Gasteiger partial charge in [0.2, 0.25) is 0 Å². The number of anilines is 1. The van der Waals surface area contributed by atoms with Crippen LogP contribution in [0.3, 0.4) is 0 Å². The number of fused-ring (bicyclic) bond motifs is 3. The van der Waals surface area contributed by atoms with Crippen LogP contribution in [0.4, 0.5) is 5.69 Å². The van der Waals surface area contributed by atoms with Crippen LogP contribution < -0.4 is 10.1 Å². The maximum Gasteiger partial charge on any atom is 0.161 e. The second kappa shape index (κ2) is 5.53. The van der Waals surface area contributed by atoms with E-state index in [2.05, 4.69) is 22.7 Å². The summed E-state index contributed by atoms with van der Waals surface area (Å²) >= 11 is 0. The molecule has 124 valence electrons. The zero-order valence-electron chi connectivity index (χ0n) is 14.1. The molecule has 2 aromatic heterocycles. The van der Waals surface area contributed by atoms with Gasteiger partial charge in [-0.05, 0) is 31.5 Å². The van der Waals surface area contributed by atoms with Crippen LogP contribution in [0.15, 0.2) is 36.5 Å².